The Labute approximate surface area is 126 Å². The molecule has 2 heteroatoms. The van der Waals surface area contributed by atoms with E-state index in [4.69, 9.17) is 0 Å². The summed E-state index contributed by atoms with van der Waals surface area (Å²) in [6.07, 6.45) is 11.6. The second-order valence-electron chi connectivity index (χ2n) is 5.87. The SMILES string of the molecule is CCCC[P+](CCCC)(CCCC)c1ccccc1O. The third kappa shape index (κ3) is 4.77. The maximum absolute atomic E-state index is 10.4. The molecule has 0 saturated carbocycles. The highest BCUT2D eigenvalue weighted by molar-refractivity contribution is 7.83. The maximum Gasteiger partial charge on any atom is 0.157 e. The summed E-state index contributed by atoms with van der Waals surface area (Å²) in [5, 5.41) is 11.7. The maximum atomic E-state index is 10.4. The topological polar surface area (TPSA) is 20.2 Å². The lowest BCUT2D eigenvalue weighted by atomic mass is 10.3. The zero-order valence-electron chi connectivity index (χ0n) is 13.6. The summed E-state index contributed by atoms with van der Waals surface area (Å²) in [5.41, 5.74) is 0. The van der Waals surface area contributed by atoms with Crippen LogP contribution in [0.3, 0.4) is 0 Å². The van der Waals surface area contributed by atoms with Gasteiger partial charge in [-0.15, -0.1) is 0 Å². The van der Waals surface area contributed by atoms with Gasteiger partial charge in [-0.3, -0.25) is 0 Å². The molecule has 0 fully saturated rings. The molecular formula is C18H32OP+. The number of phenols is 1. The molecule has 1 nitrogen and oxygen atoms in total. The average Bonchev–Trinajstić information content (AvgIpc) is 2.48. The summed E-state index contributed by atoms with van der Waals surface area (Å²) >= 11 is 0. The molecule has 0 unspecified atom stereocenters. The van der Waals surface area contributed by atoms with Crippen LogP contribution in [0.1, 0.15) is 59.3 Å². The fourth-order valence-electron chi connectivity index (χ4n) is 2.94. The smallest absolute Gasteiger partial charge is 0.157 e. The normalized spacial score (nSPS) is 11.8. The Kier molecular flexibility index (Phi) is 8.22. The highest BCUT2D eigenvalue weighted by atomic mass is 31.2. The van der Waals surface area contributed by atoms with Gasteiger partial charge in [-0.1, -0.05) is 52.2 Å². The first-order valence-corrected chi connectivity index (χ1v) is 10.7. The van der Waals surface area contributed by atoms with Gasteiger partial charge in [0.1, 0.15) is 5.30 Å². The number of para-hydroxylation sites is 1. The van der Waals surface area contributed by atoms with Crippen LogP contribution >= 0.6 is 7.26 Å². The molecule has 0 amide bonds. The second kappa shape index (κ2) is 9.40. The standard InChI is InChI=1S/C18H31OP/c1-4-7-14-20(15-8-5-2,16-9-6-3)18-13-11-10-12-17(18)19/h10-13H,4-9,14-16H2,1-3H3/p+1. The van der Waals surface area contributed by atoms with E-state index in [1.165, 1.54) is 62.3 Å². The molecular weight excluding hydrogens is 263 g/mol. The van der Waals surface area contributed by atoms with E-state index in [0.29, 0.717) is 5.75 Å². The van der Waals surface area contributed by atoms with Crippen molar-refractivity contribution in [3.8, 4) is 5.75 Å². The van der Waals surface area contributed by atoms with Crippen molar-refractivity contribution in [3.05, 3.63) is 24.3 Å². The Balaban J connectivity index is 3.08. The number of aromatic hydroxyl groups is 1. The van der Waals surface area contributed by atoms with Crippen LogP contribution < -0.4 is 5.30 Å². The molecule has 1 rings (SSSR count). The molecule has 0 atom stereocenters. The fraction of sp³-hybridized carbons (Fsp3) is 0.667. The lowest BCUT2D eigenvalue weighted by Gasteiger charge is -2.28. The summed E-state index contributed by atoms with van der Waals surface area (Å²) in [6, 6.07) is 8.14. The van der Waals surface area contributed by atoms with Crippen LogP contribution in [0, 0.1) is 0 Å². The first-order chi connectivity index (χ1) is 9.70. The van der Waals surface area contributed by atoms with E-state index in [9.17, 15) is 5.11 Å². The summed E-state index contributed by atoms with van der Waals surface area (Å²) < 4.78 is 0. The first-order valence-electron chi connectivity index (χ1n) is 8.34. The molecule has 0 aliphatic rings. The van der Waals surface area contributed by atoms with Crippen molar-refractivity contribution in [1.29, 1.82) is 0 Å². The summed E-state index contributed by atoms with van der Waals surface area (Å²) in [7, 11) is -1.19. The van der Waals surface area contributed by atoms with Gasteiger partial charge >= 0.3 is 0 Å². The lowest BCUT2D eigenvalue weighted by Crippen LogP contribution is -2.21. The Morgan fingerprint density at radius 2 is 1.25 bits per heavy atom. The number of hydrogen-bond donors (Lipinski definition) is 1. The van der Waals surface area contributed by atoms with Crippen LogP contribution in [-0.2, 0) is 0 Å². The Morgan fingerprint density at radius 1 is 0.800 bits per heavy atom. The van der Waals surface area contributed by atoms with Gasteiger partial charge in [0.2, 0.25) is 0 Å². The zero-order valence-corrected chi connectivity index (χ0v) is 14.5. The highest BCUT2D eigenvalue weighted by Crippen LogP contribution is 2.61. The van der Waals surface area contributed by atoms with Crippen LogP contribution in [-0.4, -0.2) is 23.6 Å². The van der Waals surface area contributed by atoms with Crippen LogP contribution in [0.4, 0.5) is 0 Å². The van der Waals surface area contributed by atoms with E-state index in [-0.39, 0.29) is 0 Å². The lowest BCUT2D eigenvalue weighted by molar-refractivity contribution is 0.479. The van der Waals surface area contributed by atoms with Crippen LogP contribution in [0.25, 0.3) is 0 Å². The number of hydrogen-bond acceptors (Lipinski definition) is 1. The minimum Gasteiger partial charge on any atom is -0.504 e. The largest absolute Gasteiger partial charge is 0.504 e. The van der Waals surface area contributed by atoms with Gasteiger partial charge in [0.05, 0.1) is 25.7 Å². The molecule has 114 valence electrons. The van der Waals surface area contributed by atoms with Gasteiger partial charge in [-0.2, -0.15) is 0 Å². The fourth-order valence-corrected chi connectivity index (χ4v) is 8.07. The van der Waals surface area contributed by atoms with E-state index in [0.717, 1.165) is 0 Å². The molecule has 1 aromatic carbocycles. The van der Waals surface area contributed by atoms with E-state index >= 15 is 0 Å². The zero-order chi connectivity index (χ0) is 14.8. The number of benzene rings is 1. The van der Waals surface area contributed by atoms with Crippen molar-refractivity contribution in [3.63, 3.8) is 0 Å². The quantitative estimate of drug-likeness (QED) is 0.570. The molecule has 0 bridgehead atoms. The Hall–Kier alpha value is -0.550. The van der Waals surface area contributed by atoms with Gasteiger partial charge in [0, 0.05) is 0 Å². The molecule has 0 aliphatic heterocycles. The minimum absolute atomic E-state index is 0.546. The van der Waals surface area contributed by atoms with Crippen LogP contribution in [0.2, 0.25) is 0 Å². The second-order valence-corrected chi connectivity index (χ2v) is 9.98. The summed E-state index contributed by atoms with van der Waals surface area (Å²) in [5.74, 6) is 0.546. The Bertz CT molecular complexity index is 354. The van der Waals surface area contributed by atoms with Crippen molar-refractivity contribution in [2.45, 2.75) is 59.3 Å². The van der Waals surface area contributed by atoms with Crippen molar-refractivity contribution in [2.75, 3.05) is 18.5 Å². The van der Waals surface area contributed by atoms with Gasteiger partial charge in [-0.25, -0.2) is 0 Å². The van der Waals surface area contributed by atoms with Crippen molar-refractivity contribution < 1.29 is 5.11 Å². The van der Waals surface area contributed by atoms with Crippen molar-refractivity contribution in [1.82, 2.24) is 0 Å². The van der Waals surface area contributed by atoms with Crippen LogP contribution in [0.15, 0.2) is 24.3 Å². The third-order valence-electron chi connectivity index (χ3n) is 4.21. The molecule has 0 heterocycles. The number of unbranched alkanes of at least 4 members (excludes halogenated alkanes) is 3. The number of phenolic OH excluding ortho intramolecular Hbond substituents is 1. The van der Waals surface area contributed by atoms with Gasteiger partial charge in [0.15, 0.2) is 5.75 Å². The van der Waals surface area contributed by atoms with Gasteiger partial charge in [-0.05, 0) is 31.4 Å². The average molecular weight is 295 g/mol. The molecule has 1 N–H and O–H groups in total. The molecule has 0 aliphatic carbocycles. The summed E-state index contributed by atoms with van der Waals surface area (Å²) in [4.78, 5) is 0. The molecule has 20 heavy (non-hydrogen) atoms. The highest BCUT2D eigenvalue weighted by Gasteiger charge is 2.40. The van der Waals surface area contributed by atoms with Gasteiger partial charge in [0.25, 0.3) is 0 Å². The van der Waals surface area contributed by atoms with E-state index in [1.807, 2.05) is 12.1 Å². The van der Waals surface area contributed by atoms with Crippen LogP contribution in [0.5, 0.6) is 5.75 Å². The third-order valence-corrected chi connectivity index (χ3v) is 9.13. The van der Waals surface area contributed by atoms with E-state index < -0.39 is 7.26 Å². The first kappa shape index (κ1) is 17.5. The van der Waals surface area contributed by atoms with E-state index in [1.54, 1.807) is 0 Å². The van der Waals surface area contributed by atoms with Crippen molar-refractivity contribution >= 4 is 12.6 Å². The molecule has 0 saturated heterocycles. The predicted molar refractivity (Wildman–Crippen MR) is 94.0 cm³/mol. The van der Waals surface area contributed by atoms with E-state index in [2.05, 4.69) is 32.9 Å². The molecule has 0 aromatic heterocycles. The molecule has 0 radical (unpaired) electrons. The molecule has 0 spiro atoms. The predicted octanol–water partition coefficient (Wildman–Crippen LogP) is 5.44. The monoisotopic (exact) mass is 295 g/mol. The van der Waals surface area contributed by atoms with Gasteiger partial charge < -0.3 is 5.11 Å². The number of rotatable bonds is 10. The van der Waals surface area contributed by atoms with Crippen molar-refractivity contribution in [2.24, 2.45) is 0 Å². The Morgan fingerprint density at radius 3 is 1.65 bits per heavy atom. The summed E-state index contributed by atoms with van der Waals surface area (Å²) in [6.45, 7) is 6.83. The molecule has 1 aromatic rings. The minimum atomic E-state index is -1.19.